The van der Waals surface area contributed by atoms with Crippen LogP contribution >= 0.6 is 0 Å². The van der Waals surface area contributed by atoms with Gasteiger partial charge in [0.2, 0.25) is 5.91 Å². The van der Waals surface area contributed by atoms with Crippen molar-refractivity contribution in [2.45, 2.75) is 20.3 Å². The van der Waals surface area contributed by atoms with Crippen LogP contribution in [0.15, 0.2) is 18.2 Å². The fourth-order valence-corrected chi connectivity index (χ4v) is 1.31. The molecule has 0 saturated carbocycles. The number of carbonyl (C=O) groups excluding carboxylic acids is 2. The predicted molar refractivity (Wildman–Crippen MR) is 65.8 cm³/mol. The summed E-state index contributed by atoms with van der Waals surface area (Å²) in [5.74, 6) is -1.65. The van der Waals surface area contributed by atoms with Gasteiger partial charge in [-0.3, -0.25) is 4.79 Å². The Labute approximate surface area is 105 Å². The summed E-state index contributed by atoms with van der Waals surface area (Å²) in [4.78, 5) is 22.9. The molecule has 1 aromatic carbocycles. The molecule has 1 rings (SSSR count). The molecule has 0 saturated heterocycles. The highest BCUT2D eigenvalue weighted by molar-refractivity contribution is 5.95. The van der Waals surface area contributed by atoms with E-state index < -0.39 is 11.8 Å². The van der Waals surface area contributed by atoms with E-state index in [1.54, 1.807) is 6.92 Å². The molecule has 1 aromatic rings. The van der Waals surface area contributed by atoms with Crippen molar-refractivity contribution in [1.82, 2.24) is 0 Å². The lowest BCUT2D eigenvalue weighted by molar-refractivity contribution is -0.119. The highest BCUT2D eigenvalue weighted by Crippen LogP contribution is 2.18. The average molecular weight is 253 g/mol. The van der Waals surface area contributed by atoms with Crippen LogP contribution in [0.2, 0.25) is 0 Å². The molecule has 4 nitrogen and oxygen atoms in total. The van der Waals surface area contributed by atoms with Crippen molar-refractivity contribution < 1.29 is 18.7 Å². The lowest BCUT2D eigenvalue weighted by Crippen LogP contribution is -2.20. The SMILES string of the molecule is CC[C@H](C)C(=O)Nc1cc(C(=O)OC)ccc1F. The number of ether oxygens (including phenoxy) is 1. The molecular formula is C13H16FNO3. The van der Waals surface area contributed by atoms with E-state index in [9.17, 15) is 14.0 Å². The van der Waals surface area contributed by atoms with Gasteiger partial charge in [-0.25, -0.2) is 9.18 Å². The molecule has 0 spiro atoms. The zero-order valence-electron chi connectivity index (χ0n) is 10.6. The van der Waals surface area contributed by atoms with Gasteiger partial charge in [-0.05, 0) is 24.6 Å². The van der Waals surface area contributed by atoms with Gasteiger partial charge in [-0.1, -0.05) is 13.8 Å². The summed E-state index contributed by atoms with van der Waals surface area (Å²) in [5.41, 5.74) is 0.182. The number of esters is 1. The number of amides is 1. The maximum atomic E-state index is 13.5. The summed E-state index contributed by atoms with van der Waals surface area (Å²) in [6.45, 7) is 3.61. The number of hydrogen-bond donors (Lipinski definition) is 1. The topological polar surface area (TPSA) is 55.4 Å². The molecule has 5 heteroatoms. The molecule has 1 atom stereocenters. The third kappa shape index (κ3) is 3.29. The Morgan fingerprint density at radius 1 is 1.44 bits per heavy atom. The molecule has 0 bridgehead atoms. The molecule has 0 unspecified atom stereocenters. The average Bonchev–Trinajstić information content (AvgIpc) is 2.39. The maximum absolute atomic E-state index is 13.5. The van der Waals surface area contributed by atoms with Crippen LogP contribution in [0.25, 0.3) is 0 Å². The van der Waals surface area contributed by atoms with E-state index >= 15 is 0 Å². The van der Waals surface area contributed by atoms with Gasteiger partial charge in [0.25, 0.3) is 0 Å². The number of anilines is 1. The Bertz CT molecular complexity index is 460. The van der Waals surface area contributed by atoms with E-state index in [0.29, 0.717) is 6.42 Å². The fraction of sp³-hybridized carbons (Fsp3) is 0.385. The first-order valence-electron chi connectivity index (χ1n) is 5.68. The molecule has 98 valence electrons. The van der Waals surface area contributed by atoms with Crippen LogP contribution < -0.4 is 5.32 Å². The Balaban J connectivity index is 2.94. The Morgan fingerprint density at radius 2 is 2.11 bits per heavy atom. The van der Waals surface area contributed by atoms with Crippen LogP contribution in [0.1, 0.15) is 30.6 Å². The zero-order valence-corrected chi connectivity index (χ0v) is 10.6. The maximum Gasteiger partial charge on any atom is 0.337 e. The Morgan fingerprint density at radius 3 is 2.67 bits per heavy atom. The predicted octanol–water partition coefficient (Wildman–Crippen LogP) is 2.60. The molecule has 0 aliphatic carbocycles. The normalized spacial score (nSPS) is 11.8. The second-order valence-corrected chi connectivity index (χ2v) is 3.98. The van der Waals surface area contributed by atoms with Gasteiger partial charge in [-0.15, -0.1) is 0 Å². The van der Waals surface area contributed by atoms with Gasteiger partial charge < -0.3 is 10.1 Å². The van der Waals surface area contributed by atoms with Crippen molar-refractivity contribution in [2.24, 2.45) is 5.92 Å². The minimum atomic E-state index is -0.584. The standard InChI is InChI=1S/C13H16FNO3/c1-4-8(2)12(16)15-11-7-9(13(17)18-3)5-6-10(11)14/h5-8H,4H2,1-3H3,(H,15,16)/t8-/m0/s1. The number of rotatable bonds is 4. The van der Waals surface area contributed by atoms with Crippen molar-refractivity contribution >= 4 is 17.6 Å². The Kier molecular flexibility index (Phi) is 4.83. The highest BCUT2D eigenvalue weighted by atomic mass is 19.1. The number of carbonyl (C=O) groups is 2. The molecule has 0 aromatic heterocycles. The van der Waals surface area contributed by atoms with E-state index in [-0.39, 0.29) is 23.1 Å². The molecule has 0 radical (unpaired) electrons. The third-order valence-corrected chi connectivity index (χ3v) is 2.71. The van der Waals surface area contributed by atoms with E-state index in [4.69, 9.17) is 0 Å². The molecule has 0 fully saturated rings. The first-order valence-corrected chi connectivity index (χ1v) is 5.68. The van der Waals surface area contributed by atoms with Gasteiger partial charge in [0.05, 0.1) is 18.4 Å². The second-order valence-electron chi connectivity index (χ2n) is 3.98. The van der Waals surface area contributed by atoms with Crippen LogP contribution in [-0.2, 0) is 9.53 Å². The van der Waals surface area contributed by atoms with Crippen LogP contribution in [0.4, 0.5) is 10.1 Å². The number of benzene rings is 1. The van der Waals surface area contributed by atoms with Gasteiger partial charge in [0, 0.05) is 5.92 Å². The van der Waals surface area contributed by atoms with Crippen molar-refractivity contribution in [3.05, 3.63) is 29.6 Å². The highest BCUT2D eigenvalue weighted by Gasteiger charge is 2.15. The molecule has 0 heterocycles. The molecule has 1 N–H and O–H groups in total. The quantitative estimate of drug-likeness (QED) is 0.839. The number of nitrogens with one attached hydrogen (secondary N) is 1. The fourth-order valence-electron chi connectivity index (χ4n) is 1.31. The first kappa shape index (κ1) is 14.2. The molecule has 18 heavy (non-hydrogen) atoms. The second kappa shape index (κ2) is 6.14. The van der Waals surface area contributed by atoms with E-state index in [0.717, 1.165) is 6.07 Å². The third-order valence-electron chi connectivity index (χ3n) is 2.71. The summed E-state index contributed by atoms with van der Waals surface area (Å²) < 4.78 is 18.0. The summed E-state index contributed by atoms with van der Waals surface area (Å²) in [5, 5.41) is 2.46. The molecule has 1 amide bonds. The van der Waals surface area contributed by atoms with Gasteiger partial charge in [0.15, 0.2) is 0 Å². The number of hydrogen-bond acceptors (Lipinski definition) is 3. The monoisotopic (exact) mass is 253 g/mol. The van der Waals surface area contributed by atoms with Crippen LogP contribution in [0.5, 0.6) is 0 Å². The van der Waals surface area contributed by atoms with Crippen LogP contribution in [0.3, 0.4) is 0 Å². The van der Waals surface area contributed by atoms with Crippen molar-refractivity contribution in [1.29, 1.82) is 0 Å². The van der Waals surface area contributed by atoms with E-state index in [1.165, 1.54) is 19.2 Å². The summed E-state index contributed by atoms with van der Waals surface area (Å²) >= 11 is 0. The minimum Gasteiger partial charge on any atom is -0.465 e. The molecular weight excluding hydrogens is 237 g/mol. The minimum absolute atomic E-state index is 0.0109. The number of halogens is 1. The van der Waals surface area contributed by atoms with Crippen molar-refractivity contribution in [2.75, 3.05) is 12.4 Å². The van der Waals surface area contributed by atoms with Gasteiger partial charge >= 0.3 is 5.97 Å². The largest absolute Gasteiger partial charge is 0.465 e. The smallest absolute Gasteiger partial charge is 0.337 e. The lowest BCUT2D eigenvalue weighted by atomic mass is 10.1. The van der Waals surface area contributed by atoms with E-state index in [2.05, 4.69) is 10.1 Å². The molecule has 0 aliphatic heterocycles. The summed E-state index contributed by atoms with van der Waals surface area (Å²) in [6.07, 6.45) is 0.657. The van der Waals surface area contributed by atoms with Crippen molar-refractivity contribution in [3.63, 3.8) is 0 Å². The first-order chi connectivity index (χ1) is 8.49. The summed E-state index contributed by atoms with van der Waals surface area (Å²) in [7, 11) is 1.24. The zero-order chi connectivity index (χ0) is 13.7. The van der Waals surface area contributed by atoms with E-state index in [1.807, 2.05) is 6.92 Å². The van der Waals surface area contributed by atoms with Crippen LogP contribution in [-0.4, -0.2) is 19.0 Å². The molecule has 0 aliphatic rings. The summed E-state index contributed by atoms with van der Waals surface area (Å²) in [6, 6.07) is 3.69. The van der Waals surface area contributed by atoms with Gasteiger partial charge in [-0.2, -0.15) is 0 Å². The lowest BCUT2D eigenvalue weighted by Gasteiger charge is -2.11. The van der Waals surface area contributed by atoms with Crippen LogP contribution in [0, 0.1) is 11.7 Å². The number of methoxy groups -OCH3 is 1. The Hall–Kier alpha value is -1.91. The van der Waals surface area contributed by atoms with Crippen molar-refractivity contribution in [3.8, 4) is 0 Å². The van der Waals surface area contributed by atoms with Gasteiger partial charge in [0.1, 0.15) is 5.82 Å².